The van der Waals surface area contributed by atoms with Gasteiger partial charge in [0.1, 0.15) is 5.65 Å². The van der Waals surface area contributed by atoms with Crippen molar-refractivity contribution in [2.24, 2.45) is 10.4 Å². The van der Waals surface area contributed by atoms with E-state index in [-0.39, 0.29) is 43.0 Å². The van der Waals surface area contributed by atoms with Crippen molar-refractivity contribution in [1.29, 1.82) is 0 Å². The van der Waals surface area contributed by atoms with Crippen LogP contribution in [0.25, 0.3) is 27.6 Å². The van der Waals surface area contributed by atoms with Gasteiger partial charge in [-0.25, -0.2) is 4.98 Å². The second-order valence-corrected chi connectivity index (χ2v) is 18.5. The number of amidine groups is 1. The molecule has 0 amide bonds. The Balaban J connectivity index is 0.00000481. The summed E-state index contributed by atoms with van der Waals surface area (Å²) in [6.07, 6.45) is 8.13. The molecule has 0 N–H and O–H groups in total. The summed E-state index contributed by atoms with van der Waals surface area (Å²) in [5.41, 5.74) is 7.09. The molecule has 3 heterocycles. The van der Waals surface area contributed by atoms with Gasteiger partial charge in [-0.05, 0) is 80.2 Å². The smallest absolute Gasteiger partial charge is 0.503 e. The van der Waals surface area contributed by atoms with Crippen LogP contribution in [0.3, 0.4) is 0 Å². The minimum atomic E-state index is -0.293. The van der Waals surface area contributed by atoms with Gasteiger partial charge in [-0.2, -0.15) is 5.56 Å². The topological polar surface area (TPSA) is 42.6 Å². The molecule has 282 valence electrons. The van der Waals surface area contributed by atoms with Gasteiger partial charge in [-0.15, -0.1) is 35.4 Å². The van der Waals surface area contributed by atoms with Crippen LogP contribution in [0.4, 0.5) is 0 Å². The normalized spacial score (nSPS) is 19.6. The predicted molar refractivity (Wildman–Crippen MR) is 217 cm³/mol. The number of nitrogens with zero attached hydrogens (tertiary/aromatic N) is 4. The first-order valence-corrected chi connectivity index (χ1v) is 19.5. The van der Waals surface area contributed by atoms with E-state index >= 15 is 0 Å². The van der Waals surface area contributed by atoms with Crippen LogP contribution in [0.15, 0.2) is 65.8 Å². The van der Waals surface area contributed by atoms with Crippen LogP contribution in [0, 0.1) is 24.5 Å². The molecule has 1 aliphatic heterocycles. The average molecular weight is 890 g/mol. The summed E-state index contributed by atoms with van der Waals surface area (Å²) in [5, 5.41) is 2.33. The van der Waals surface area contributed by atoms with Crippen LogP contribution >= 0.6 is 0 Å². The van der Waals surface area contributed by atoms with Crippen LogP contribution in [-0.2, 0) is 26.5 Å². The van der Waals surface area contributed by atoms with Crippen molar-refractivity contribution >= 4 is 27.8 Å². The van der Waals surface area contributed by atoms with E-state index in [1.807, 2.05) is 12.3 Å². The summed E-state index contributed by atoms with van der Waals surface area (Å²) in [6.45, 7) is 27.6. The van der Waals surface area contributed by atoms with Crippen LogP contribution in [0.1, 0.15) is 136 Å². The number of benzene rings is 3. The number of hydrogen-bond acceptors (Lipinski definition) is 4. The van der Waals surface area contributed by atoms with E-state index in [0.29, 0.717) is 23.5 Å². The first kappa shape index (κ1) is 39.3. The zero-order valence-electron chi connectivity index (χ0n) is 34.0. The molecule has 2 aromatic heterocycles. The fourth-order valence-electron chi connectivity index (χ4n) is 8.73. The molecule has 0 spiro atoms. The minimum absolute atomic E-state index is 0. The van der Waals surface area contributed by atoms with Gasteiger partial charge in [0.25, 0.3) is 0 Å². The molecule has 7 rings (SSSR count). The number of fused-ring (bicyclic) bond motifs is 3. The van der Waals surface area contributed by atoms with Gasteiger partial charge >= 0.3 is 21.1 Å². The Morgan fingerprint density at radius 2 is 1.55 bits per heavy atom. The zero-order chi connectivity index (χ0) is 37.4. The van der Waals surface area contributed by atoms with Crippen molar-refractivity contribution in [1.82, 2.24) is 14.5 Å². The Bertz CT molecular complexity index is 2170. The predicted octanol–water partition coefficient (Wildman–Crippen LogP) is 12.3. The van der Waals surface area contributed by atoms with E-state index in [4.69, 9.17) is 14.7 Å². The number of rotatable bonds is 6. The van der Waals surface area contributed by atoms with Gasteiger partial charge in [0.15, 0.2) is 0 Å². The number of hydrogen-bond donors (Lipinski definition) is 0. The maximum Gasteiger partial charge on any atom is 2.00 e. The maximum atomic E-state index is 6.81. The van der Waals surface area contributed by atoms with E-state index in [2.05, 4.69) is 153 Å². The van der Waals surface area contributed by atoms with Crippen LogP contribution in [0.5, 0.6) is 11.5 Å². The Hall–Kier alpha value is -3.43. The van der Waals surface area contributed by atoms with Crippen molar-refractivity contribution in [3.8, 4) is 17.2 Å². The van der Waals surface area contributed by atoms with Gasteiger partial charge in [-0.1, -0.05) is 105 Å². The number of ether oxygens (including phenoxy) is 1. The largest absolute Gasteiger partial charge is 2.00 e. The summed E-state index contributed by atoms with van der Waals surface area (Å²) in [5.74, 6) is 2.72. The van der Waals surface area contributed by atoms with Crippen molar-refractivity contribution in [2.45, 2.75) is 144 Å². The minimum Gasteiger partial charge on any atom is -0.503 e. The Labute approximate surface area is 332 Å². The summed E-state index contributed by atoms with van der Waals surface area (Å²) in [4.78, 5) is 13.3. The average Bonchev–Trinajstić information content (AvgIpc) is 3.52. The van der Waals surface area contributed by atoms with Crippen molar-refractivity contribution in [2.75, 3.05) is 0 Å². The second-order valence-electron chi connectivity index (χ2n) is 18.5. The third-order valence-corrected chi connectivity index (χ3v) is 12.4. The molecule has 5 nitrogen and oxygen atoms in total. The molecule has 3 aromatic carbocycles. The van der Waals surface area contributed by atoms with Gasteiger partial charge in [-0.3, -0.25) is 0 Å². The Kier molecular flexibility index (Phi) is 10.4. The summed E-state index contributed by atoms with van der Waals surface area (Å²) < 4.78 is 9.03. The summed E-state index contributed by atoms with van der Waals surface area (Å²) in [7, 11) is 0. The molecule has 1 atom stereocenters. The Morgan fingerprint density at radius 3 is 2.21 bits per heavy atom. The van der Waals surface area contributed by atoms with E-state index < -0.39 is 0 Å². The molecule has 0 bridgehead atoms. The van der Waals surface area contributed by atoms with Gasteiger partial charge in [0.05, 0.1) is 16.6 Å². The molecular weight excluding hydrogens is 832 g/mol. The van der Waals surface area contributed by atoms with Gasteiger partial charge in [0, 0.05) is 40.3 Å². The van der Waals surface area contributed by atoms with Crippen molar-refractivity contribution < 1.29 is 25.8 Å². The molecule has 5 aromatic rings. The van der Waals surface area contributed by atoms with Crippen LogP contribution in [0.2, 0.25) is 0 Å². The van der Waals surface area contributed by atoms with E-state index in [0.717, 1.165) is 39.2 Å². The molecule has 0 radical (unpaired) electrons. The SMILES string of the molecule is Cc1cc(Oc2[c-]c(C3=N[C@](C)(C(C)(C)C)C(C)(C)N3C3CCCCC3)cc(C(C)C)c2)[c-]c(-n2c3ccc(C(C)(C)C)cc3c3cccnc32)c1.[Pt+2]. The third kappa shape index (κ3) is 6.90. The molecule has 6 heteroatoms. The number of pyridine rings is 1. The second kappa shape index (κ2) is 14.0. The van der Waals surface area contributed by atoms with Crippen LogP contribution < -0.4 is 4.74 Å². The Morgan fingerprint density at radius 1 is 0.849 bits per heavy atom. The monoisotopic (exact) mass is 889 g/mol. The van der Waals surface area contributed by atoms with E-state index in [1.165, 1.54) is 48.6 Å². The number of aliphatic imine (C=N–C) groups is 1. The molecule has 1 fully saturated rings. The molecule has 53 heavy (non-hydrogen) atoms. The third-order valence-electron chi connectivity index (χ3n) is 12.4. The summed E-state index contributed by atoms with van der Waals surface area (Å²) in [6, 6.07) is 27.5. The van der Waals surface area contributed by atoms with Gasteiger partial charge in [0.2, 0.25) is 0 Å². The number of aromatic nitrogens is 2. The molecule has 0 saturated heterocycles. The fraction of sp³-hybridized carbons (Fsp3) is 0.489. The quantitative estimate of drug-likeness (QED) is 0.160. The summed E-state index contributed by atoms with van der Waals surface area (Å²) >= 11 is 0. The molecule has 0 unspecified atom stereocenters. The van der Waals surface area contributed by atoms with Crippen LogP contribution in [-0.4, -0.2) is 37.4 Å². The van der Waals surface area contributed by atoms with Crippen molar-refractivity contribution in [3.63, 3.8) is 0 Å². The molecule has 2 aliphatic rings. The first-order valence-electron chi connectivity index (χ1n) is 19.5. The molecule has 1 saturated carbocycles. The van der Waals surface area contributed by atoms with Gasteiger partial charge < -0.3 is 19.2 Å². The standard InChI is InChI=1S/C47H58N4O.Pt/c1-30(2)32-25-33(42-49-47(12,45(7,8)9)46(10,11)51(42)35-17-14-13-15-18-35)27-38(26-32)52-37-24-31(3)23-36(29-37)50-41-21-20-34(44(4,5)6)28-40(41)39-19-16-22-48-43(39)50;/h16,19-26,28,30,35H,13-15,17-18H2,1-12H3;/q-2;+2/t47-;/m1./s1. The zero-order valence-corrected chi connectivity index (χ0v) is 36.2. The number of aryl methyl sites for hydroxylation is 1. The maximum absolute atomic E-state index is 6.81. The molecule has 1 aliphatic carbocycles. The fourth-order valence-corrected chi connectivity index (χ4v) is 8.73. The molecular formula is C47H58N4OPt. The first-order chi connectivity index (χ1) is 24.4. The van der Waals surface area contributed by atoms with Crippen molar-refractivity contribution in [3.05, 3.63) is 95.2 Å². The van der Waals surface area contributed by atoms with E-state index in [9.17, 15) is 0 Å². The van der Waals surface area contributed by atoms with E-state index in [1.54, 1.807) is 0 Å².